The summed E-state index contributed by atoms with van der Waals surface area (Å²) in [4.78, 5) is 12.3. The summed E-state index contributed by atoms with van der Waals surface area (Å²) in [5.41, 5.74) is 9.71. The number of allylic oxidation sites excluding steroid dienone is 2. The average Bonchev–Trinajstić information content (AvgIpc) is 2.85. The van der Waals surface area contributed by atoms with Crippen LogP contribution in [0.4, 0.5) is 11.4 Å². The predicted molar refractivity (Wildman–Crippen MR) is 137 cm³/mol. The highest BCUT2D eigenvalue weighted by atomic mass is 32.2. The van der Waals surface area contributed by atoms with Crippen molar-refractivity contribution in [3.8, 4) is 0 Å². The molecule has 6 nitrogen and oxygen atoms in total. The van der Waals surface area contributed by atoms with Gasteiger partial charge in [0, 0.05) is 12.1 Å². The number of carbonyl (C=O) groups is 1. The molecular formula is C27H25N3O3S. The Morgan fingerprint density at radius 1 is 0.941 bits per heavy atom. The van der Waals surface area contributed by atoms with E-state index in [4.69, 9.17) is 5.73 Å². The first-order valence-corrected chi connectivity index (χ1v) is 12.3. The molecule has 4 rings (SSSR count). The summed E-state index contributed by atoms with van der Waals surface area (Å²) in [6.07, 6.45) is 9.39. The third kappa shape index (κ3) is 5.89. The Balaban J connectivity index is 1.35. The van der Waals surface area contributed by atoms with Crippen molar-refractivity contribution in [1.82, 2.24) is 4.72 Å². The maximum Gasteiger partial charge on any atom is 0.248 e. The SMILES string of the molecule is Nc1ccccc1NC(=O)/C=C/c1ccc(S(=O)(=O)NC2C=CC(c3ccccc3)=CC2)cc1. The van der Waals surface area contributed by atoms with Crippen LogP contribution in [-0.4, -0.2) is 20.4 Å². The zero-order valence-electron chi connectivity index (χ0n) is 18.4. The fourth-order valence-electron chi connectivity index (χ4n) is 3.54. The molecule has 1 atom stereocenters. The van der Waals surface area contributed by atoms with Crippen LogP contribution < -0.4 is 15.8 Å². The smallest absolute Gasteiger partial charge is 0.248 e. The molecule has 3 aromatic carbocycles. The van der Waals surface area contributed by atoms with Crippen molar-refractivity contribution in [3.05, 3.63) is 114 Å². The fraction of sp³-hybridized carbons (Fsp3) is 0.0741. The van der Waals surface area contributed by atoms with Gasteiger partial charge in [-0.25, -0.2) is 13.1 Å². The fourth-order valence-corrected chi connectivity index (χ4v) is 4.74. The van der Waals surface area contributed by atoms with Gasteiger partial charge in [-0.1, -0.05) is 72.8 Å². The van der Waals surface area contributed by atoms with Crippen LogP contribution in [0.3, 0.4) is 0 Å². The van der Waals surface area contributed by atoms with Gasteiger partial charge in [-0.3, -0.25) is 4.79 Å². The summed E-state index contributed by atoms with van der Waals surface area (Å²) < 4.78 is 28.3. The molecule has 0 heterocycles. The Hall–Kier alpha value is -3.94. The number of nitrogens with two attached hydrogens (primary N) is 1. The second kappa shape index (κ2) is 10.3. The van der Waals surface area contributed by atoms with Gasteiger partial charge in [-0.15, -0.1) is 0 Å². The molecule has 0 aliphatic heterocycles. The predicted octanol–water partition coefficient (Wildman–Crippen LogP) is 4.61. The van der Waals surface area contributed by atoms with Crippen LogP contribution in [0.1, 0.15) is 17.5 Å². The summed E-state index contributed by atoms with van der Waals surface area (Å²) in [6, 6.07) is 23.0. The molecule has 34 heavy (non-hydrogen) atoms. The maximum absolute atomic E-state index is 12.8. The van der Waals surface area contributed by atoms with Crippen molar-refractivity contribution >= 4 is 39.0 Å². The van der Waals surface area contributed by atoms with Crippen molar-refractivity contribution in [2.24, 2.45) is 0 Å². The van der Waals surface area contributed by atoms with E-state index < -0.39 is 10.0 Å². The zero-order chi connectivity index (χ0) is 24.0. The molecule has 0 saturated heterocycles. The lowest BCUT2D eigenvalue weighted by Gasteiger charge is -2.18. The lowest BCUT2D eigenvalue weighted by Crippen LogP contribution is -2.33. The van der Waals surface area contributed by atoms with Crippen LogP contribution in [0, 0.1) is 0 Å². The third-order valence-corrected chi connectivity index (χ3v) is 6.86. The maximum atomic E-state index is 12.8. The number of rotatable bonds is 7. The van der Waals surface area contributed by atoms with Gasteiger partial charge >= 0.3 is 0 Å². The number of anilines is 2. The van der Waals surface area contributed by atoms with Crippen LogP contribution in [-0.2, 0) is 14.8 Å². The van der Waals surface area contributed by atoms with E-state index in [1.54, 1.807) is 42.5 Å². The van der Waals surface area contributed by atoms with Gasteiger partial charge in [-0.05, 0) is 53.5 Å². The van der Waals surface area contributed by atoms with E-state index in [1.807, 2.05) is 48.6 Å². The van der Waals surface area contributed by atoms with Crippen LogP contribution in [0.15, 0.2) is 108 Å². The monoisotopic (exact) mass is 471 g/mol. The molecule has 3 aromatic rings. The van der Waals surface area contributed by atoms with Gasteiger partial charge in [0.15, 0.2) is 0 Å². The summed E-state index contributed by atoms with van der Waals surface area (Å²) >= 11 is 0. The normalized spacial score (nSPS) is 15.8. The van der Waals surface area contributed by atoms with Crippen molar-refractivity contribution < 1.29 is 13.2 Å². The van der Waals surface area contributed by atoms with Crippen LogP contribution in [0.5, 0.6) is 0 Å². The summed E-state index contributed by atoms with van der Waals surface area (Å²) in [7, 11) is -3.68. The largest absolute Gasteiger partial charge is 0.397 e. The van der Waals surface area contributed by atoms with Gasteiger partial charge in [0.25, 0.3) is 0 Å². The summed E-state index contributed by atoms with van der Waals surface area (Å²) in [5.74, 6) is -0.330. The molecule has 0 aromatic heterocycles. The van der Waals surface area contributed by atoms with E-state index in [0.717, 1.165) is 11.1 Å². The molecule has 1 aliphatic rings. The molecule has 1 unspecified atom stereocenters. The molecule has 1 aliphatic carbocycles. The highest BCUT2D eigenvalue weighted by molar-refractivity contribution is 7.89. The Bertz CT molecular complexity index is 1360. The minimum atomic E-state index is -3.68. The van der Waals surface area contributed by atoms with Crippen molar-refractivity contribution in [3.63, 3.8) is 0 Å². The lowest BCUT2D eigenvalue weighted by molar-refractivity contribution is -0.111. The molecular weight excluding hydrogens is 446 g/mol. The van der Waals surface area contributed by atoms with Gasteiger partial charge in [0.2, 0.25) is 15.9 Å². The molecule has 172 valence electrons. The second-order valence-electron chi connectivity index (χ2n) is 7.83. The number of nitrogen functional groups attached to an aromatic ring is 1. The molecule has 0 spiro atoms. The van der Waals surface area contributed by atoms with E-state index in [9.17, 15) is 13.2 Å². The van der Waals surface area contributed by atoms with Crippen LogP contribution in [0.25, 0.3) is 11.6 Å². The molecule has 1 amide bonds. The minimum Gasteiger partial charge on any atom is -0.397 e. The van der Waals surface area contributed by atoms with Crippen molar-refractivity contribution in [1.29, 1.82) is 0 Å². The average molecular weight is 472 g/mol. The Morgan fingerprint density at radius 3 is 2.32 bits per heavy atom. The number of hydrogen-bond acceptors (Lipinski definition) is 4. The molecule has 0 saturated carbocycles. The number of hydrogen-bond donors (Lipinski definition) is 3. The van der Waals surface area contributed by atoms with Gasteiger partial charge in [0.05, 0.1) is 16.3 Å². The van der Waals surface area contributed by atoms with E-state index in [-0.39, 0.29) is 16.8 Å². The van der Waals surface area contributed by atoms with Crippen LogP contribution in [0.2, 0.25) is 0 Å². The first-order chi connectivity index (χ1) is 16.4. The Morgan fingerprint density at radius 2 is 1.65 bits per heavy atom. The van der Waals surface area contributed by atoms with E-state index >= 15 is 0 Å². The number of para-hydroxylation sites is 2. The topological polar surface area (TPSA) is 101 Å². The Kier molecular flexibility index (Phi) is 7.06. The first-order valence-electron chi connectivity index (χ1n) is 10.8. The molecule has 0 fully saturated rings. The number of carbonyl (C=O) groups excluding carboxylic acids is 1. The lowest BCUT2D eigenvalue weighted by atomic mass is 9.98. The van der Waals surface area contributed by atoms with Crippen LogP contribution >= 0.6 is 0 Å². The van der Waals surface area contributed by atoms with Crippen molar-refractivity contribution in [2.75, 3.05) is 11.1 Å². The number of benzene rings is 3. The highest BCUT2D eigenvalue weighted by Crippen LogP contribution is 2.22. The third-order valence-electron chi connectivity index (χ3n) is 5.35. The standard InChI is InChI=1S/C27H25N3O3S/c28-25-8-4-5-9-26(25)29-27(31)19-12-20-10-17-24(18-11-20)34(32,33)30-23-15-13-22(14-16-23)21-6-2-1-3-7-21/h1-15,17-19,23,30H,16,28H2,(H,29,31)/b19-12+. The van der Waals surface area contributed by atoms with Gasteiger partial charge in [-0.2, -0.15) is 0 Å². The molecule has 0 radical (unpaired) electrons. The van der Waals surface area contributed by atoms with E-state index in [0.29, 0.717) is 23.4 Å². The van der Waals surface area contributed by atoms with Gasteiger partial charge < -0.3 is 11.1 Å². The number of sulfonamides is 1. The van der Waals surface area contributed by atoms with E-state index in [2.05, 4.69) is 10.0 Å². The Labute approximate surface area is 199 Å². The minimum absolute atomic E-state index is 0.164. The second-order valence-corrected chi connectivity index (χ2v) is 9.54. The summed E-state index contributed by atoms with van der Waals surface area (Å²) in [6.45, 7) is 0. The number of nitrogens with one attached hydrogen (secondary N) is 2. The molecule has 4 N–H and O–H groups in total. The zero-order valence-corrected chi connectivity index (χ0v) is 19.2. The van der Waals surface area contributed by atoms with E-state index in [1.165, 1.54) is 18.2 Å². The highest BCUT2D eigenvalue weighted by Gasteiger charge is 2.19. The quantitative estimate of drug-likeness (QED) is 0.346. The molecule has 0 bridgehead atoms. The number of amides is 1. The first kappa shape index (κ1) is 23.2. The van der Waals surface area contributed by atoms with Gasteiger partial charge in [0.1, 0.15) is 0 Å². The summed E-state index contributed by atoms with van der Waals surface area (Å²) in [5, 5.41) is 2.71. The van der Waals surface area contributed by atoms with Crippen molar-refractivity contribution in [2.45, 2.75) is 17.4 Å². The molecule has 7 heteroatoms.